The highest BCUT2D eigenvalue weighted by molar-refractivity contribution is 7.99. The fourth-order valence-electron chi connectivity index (χ4n) is 2.21. The minimum absolute atomic E-state index is 0.304. The second-order valence-corrected chi connectivity index (χ2v) is 6.02. The van der Waals surface area contributed by atoms with Crippen molar-refractivity contribution in [3.05, 3.63) is 59.7 Å². The van der Waals surface area contributed by atoms with Gasteiger partial charge in [-0.3, -0.25) is 10.1 Å². The number of thioether (sulfide) groups is 1. The van der Waals surface area contributed by atoms with Crippen LogP contribution < -0.4 is 0 Å². The summed E-state index contributed by atoms with van der Waals surface area (Å²) in [5, 5.41) is 17.8. The zero-order chi connectivity index (χ0) is 16.2. The highest BCUT2D eigenvalue weighted by atomic mass is 32.2. The number of aryl methyl sites for hydroxylation is 1. The molecule has 1 unspecified atom stereocenters. The third kappa shape index (κ3) is 3.75. The molecule has 5 nitrogen and oxygen atoms in total. The van der Waals surface area contributed by atoms with Gasteiger partial charge in [0.2, 0.25) is 5.16 Å². The van der Waals surface area contributed by atoms with Crippen molar-refractivity contribution >= 4 is 11.8 Å². The standard InChI is InChI=1S/C16H15FN4OS/c1-10-8-12(17)2-3-13(10)14(22)9-23-16-19-15(20-21-16)11-4-6-18-7-5-11/h2-8,14,22H,9H2,1H3,(H,19,20,21). The summed E-state index contributed by atoms with van der Waals surface area (Å²) in [5.74, 6) is 0.740. The van der Waals surface area contributed by atoms with Gasteiger partial charge in [-0.2, -0.15) is 0 Å². The van der Waals surface area contributed by atoms with Crippen molar-refractivity contribution < 1.29 is 9.50 Å². The summed E-state index contributed by atoms with van der Waals surface area (Å²) in [6.45, 7) is 1.78. The first-order valence-corrected chi connectivity index (χ1v) is 8.02. The molecular weight excluding hydrogens is 315 g/mol. The lowest BCUT2D eigenvalue weighted by molar-refractivity contribution is 0.203. The minimum Gasteiger partial charge on any atom is -0.388 e. The maximum absolute atomic E-state index is 13.1. The lowest BCUT2D eigenvalue weighted by atomic mass is 10.0. The first-order valence-electron chi connectivity index (χ1n) is 7.03. The molecule has 23 heavy (non-hydrogen) atoms. The Morgan fingerprint density at radius 1 is 1.26 bits per heavy atom. The molecule has 118 valence electrons. The number of aromatic nitrogens is 4. The molecule has 2 N–H and O–H groups in total. The Bertz CT molecular complexity index is 794. The second-order valence-electron chi connectivity index (χ2n) is 5.03. The van der Waals surface area contributed by atoms with Gasteiger partial charge < -0.3 is 5.11 Å². The SMILES string of the molecule is Cc1cc(F)ccc1C(O)CSc1n[nH]c(-c2ccncc2)n1. The summed E-state index contributed by atoms with van der Waals surface area (Å²) in [7, 11) is 0. The number of hydrogen-bond donors (Lipinski definition) is 2. The Hall–Kier alpha value is -2.25. The van der Waals surface area contributed by atoms with E-state index in [0.717, 1.165) is 11.1 Å². The molecule has 0 aliphatic rings. The molecule has 7 heteroatoms. The molecule has 0 aliphatic heterocycles. The van der Waals surface area contributed by atoms with Crippen LogP contribution in [0.3, 0.4) is 0 Å². The third-order valence-electron chi connectivity index (χ3n) is 3.38. The number of halogens is 1. The molecule has 1 atom stereocenters. The number of hydrogen-bond acceptors (Lipinski definition) is 5. The quantitative estimate of drug-likeness (QED) is 0.703. The predicted molar refractivity (Wildman–Crippen MR) is 86.4 cm³/mol. The van der Waals surface area contributed by atoms with E-state index in [1.54, 1.807) is 25.4 Å². The van der Waals surface area contributed by atoms with E-state index in [1.165, 1.54) is 23.9 Å². The highest BCUT2D eigenvalue weighted by Crippen LogP contribution is 2.26. The van der Waals surface area contributed by atoms with Crippen LogP contribution in [0.1, 0.15) is 17.2 Å². The number of aliphatic hydroxyl groups is 1. The lowest BCUT2D eigenvalue weighted by Crippen LogP contribution is -2.03. The Labute approximate surface area is 137 Å². The summed E-state index contributed by atoms with van der Waals surface area (Å²) in [5.41, 5.74) is 2.34. The summed E-state index contributed by atoms with van der Waals surface area (Å²) < 4.78 is 13.1. The maximum Gasteiger partial charge on any atom is 0.208 e. The van der Waals surface area contributed by atoms with Crippen molar-refractivity contribution in [2.75, 3.05) is 5.75 Å². The largest absolute Gasteiger partial charge is 0.388 e. The van der Waals surface area contributed by atoms with E-state index in [4.69, 9.17) is 0 Å². The summed E-state index contributed by atoms with van der Waals surface area (Å²) >= 11 is 1.34. The van der Waals surface area contributed by atoms with Gasteiger partial charge in [0.25, 0.3) is 0 Å². The van der Waals surface area contributed by atoms with E-state index in [2.05, 4.69) is 20.2 Å². The first-order chi connectivity index (χ1) is 11.1. The fourth-order valence-corrected chi connectivity index (χ4v) is 2.96. The summed E-state index contributed by atoms with van der Waals surface area (Å²) in [6, 6.07) is 8.05. The average Bonchev–Trinajstić information content (AvgIpc) is 3.02. The summed E-state index contributed by atoms with van der Waals surface area (Å²) in [6.07, 6.45) is 2.67. The number of pyridine rings is 1. The number of benzene rings is 1. The van der Waals surface area contributed by atoms with Crippen molar-refractivity contribution in [2.45, 2.75) is 18.2 Å². The molecule has 0 fully saturated rings. The average molecular weight is 330 g/mol. The lowest BCUT2D eigenvalue weighted by Gasteiger charge is -2.12. The number of nitrogens with one attached hydrogen (secondary N) is 1. The molecule has 0 saturated carbocycles. The Balaban J connectivity index is 1.65. The van der Waals surface area contributed by atoms with Gasteiger partial charge >= 0.3 is 0 Å². The highest BCUT2D eigenvalue weighted by Gasteiger charge is 2.13. The van der Waals surface area contributed by atoms with Crippen molar-refractivity contribution in [3.63, 3.8) is 0 Å². The number of aromatic amines is 1. The zero-order valence-electron chi connectivity index (χ0n) is 12.4. The van der Waals surface area contributed by atoms with Gasteiger partial charge in [-0.25, -0.2) is 9.37 Å². The smallest absolute Gasteiger partial charge is 0.208 e. The topological polar surface area (TPSA) is 74.7 Å². The van der Waals surface area contributed by atoms with Crippen LogP contribution in [0.15, 0.2) is 47.9 Å². The van der Waals surface area contributed by atoms with E-state index in [1.807, 2.05) is 12.1 Å². The van der Waals surface area contributed by atoms with E-state index in [0.29, 0.717) is 22.3 Å². The van der Waals surface area contributed by atoms with Crippen LogP contribution in [0.25, 0.3) is 11.4 Å². The molecule has 0 aliphatic carbocycles. The normalized spacial score (nSPS) is 12.3. The van der Waals surface area contributed by atoms with Gasteiger partial charge in [0, 0.05) is 23.7 Å². The molecule has 0 bridgehead atoms. The van der Waals surface area contributed by atoms with Gasteiger partial charge in [-0.1, -0.05) is 17.8 Å². The molecular formula is C16H15FN4OS. The number of nitrogens with zero attached hydrogens (tertiary/aromatic N) is 3. The molecule has 2 heterocycles. The number of rotatable bonds is 5. The van der Waals surface area contributed by atoms with Crippen LogP contribution in [-0.2, 0) is 0 Å². The van der Waals surface area contributed by atoms with Crippen LogP contribution in [0.4, 0.5) is 4.39 Å². The van der Waals surface area contributed by atoms with Gasteiger partial charge in [0.1, 0.15) is 5.82 Å². The predicted octanol–water partition coefficient (Wildman–Crippen LogP) is 3.14. The van der Waals surface area contributed by atoms with Crippen LogP contribution in [0, 0.1) is 12.7 Å². The van der Waals surface area contributed by atoms with E-state index < -0.39 is 6.10 Å². The van der Waals surface area contributed by atoms with E-state index in [9.17, 15) is 9.50 Å². The zero-order valence-corrected chi connectivity index (χ0v) is 13.2. The van der Waals surface area contributed by atoms with Gasteiger partial charge in [0.05, 0.1) is 6.10 Å². The number of aliphatic hydroxyl groups excluding tert-OH is 1. The molecule has 0 spiro atoms. The van der Waals surface area contributed by atoms with Crippen LogP contribution in [0.5, 0.6) is 0 Å². The first kappa shape index (κ1) is 15.6. The fraction of sp³-hybridized carbons (Fsp3) is 0.188. The molecule has 3 rings (SSSR count). The molecule has 0 amide bonds. The van der Waals surface area contributed by atoms with Gasteiger partial charge in [-0.05, 0) is 42.3 Å². The van der Waals surface area contributed by atoms with Crippen LogP contribution >= 0.6 is 11.8 Å². The maximum atomic E-state index is 13.1. The van der Waals surface area contributed by atoms with E-state index >= 15 is 0 Å². The van der Waals surface area contributed by atoms with Crippen molar-refractivity contribution in [1.82, 2.24) is 20.2 Å². The second kappa shape index (κ2) is 6.89. The molecule has 2 aromatic heterocycles. The Kier molecular flexibility index (Phi) is 4.68. The van der Waals surface area contributed by atoms with Crippen molar-refractivity contribution in [3.8, 4) is 11.4 Å². The Morgan fingerprint density at radius 2 is 2.04 bits per heavy atom. The molecule has 0 radical (unpaired) electrons. The van der Waals surface area contributed by atoms with Gasteiger partial charge in [0.15, 0.2) is 5.82 Å². The van der Waals surface area contributed by atoms with Crippen LogP contribution in [-0.4, -0.2) is 31.0 Å². The van der Waals surface area contributed by atoms with Crippen LogP contribution in [0.2, 0.25) is 0 Å². The third-order valence-corrected chi connectivity index (χ3v) is 4.30. The van der Waals surface area contributed by atoms with E-state index in [-0.39, 0.29) is 5.82 Å². The monoisotopic (exact) mass is 330 g/mol. The molecule has 0 saturated heterocycles. The summed E-state index contributed by atoms with van der Waals surface area (Å²) in [4.78, 5) is 8.34. The minimum atomic E-state index is -0.705. The van der Waals surface area contributed by atoms with Crippen molar-refractivity contribution in [1.29, 1.82) is 0 Å². The molecule has 3 aromatic rings. The molecule has 1 aromatic carbocycles. The number of H-pyrrole nitrogens is 1. The Morgan fingerprint density at radius 3 is 2.78 bits per heavy atom. The van der Waals surface area contributed by atoms with Crippen molar-refractivity contribution in [2.24, 2.45) is 0 Å². The van der Waals surface area contributed by atoms with Gasteiger partial charge in [-0.15, -0.1) is 5.10 Å².